The van der Waals surface area contributed by atoms with E-state index in [0.29, 0.717) is 5.56 Å². The number of nitrogens with zero attached hydrogens (tertiary/aromatic N) is 4. The smallest absolute Gasteiger partial charge is 0.0998 e. The Hall–Kier alpha value is -10.3. The van der Waals surface area contributed by atoms with Crippen molar-refractivity contribution in [3.05, 3.63) is 285 Å². The van der Waals surface area contributed by atoms with Crippen LogP contribution in [0.2, 0.25) is 0 Å². The van der Waals surface area contributed by atoms with E-state index in [1.807, 2.05) is 18.3 Å². The lowest BCUT2D eigenvalue weighted by atomic mass is 9.85. The maximum Gasteiger partial charge on any atom is 0.0998 e. The molecule has 3 heterocycles. The van der Waals surface area contributed by atoms with Crippen LogP contribution >= 0.6 is 0 Å². The van der Waals surface area contributed by atoms with Gasteiger partial charge in [0, 0.05) is 56.4 Å². The van der Waals surface area contributed by atoms with Crippen LogP contribution < -0.4 is 0 Å². The van der Waals surface area contributed by atoms with Gasteiger partial charge >= 0.3 is 0 Å². The number of aromatic nitrogens is 3. The van der Waals surface area contributed by atoms with Crippen molar-refractivity contribution in [3.8, 4) is 95.3 Å². The van der Waals surface area contributed by atoms with Gasteiger partial charge in [0.25, 0.3) is 0 Å². The van der Waals surface area contributed by atoms with E-state index in [9.17, 15) is 5.26 Å². The second-order valence-corrected chi connectivity index (χ2v) is 19.4. The highest BCUT2D eigenvalue weighted by Crippen LogP contribution is 2.45. The molecule has 3 aromatic heterocycles. The Morgan fingerprint density at radius 3 is 0.974 bits per heavy atom. The average Bonchev–Trinajstić information content (AvgIpc) is 4.04. The molecule has 0 radical (unpaired) electrons. The van der Waals surface area contributed by atoms with Crippen LogP contribution in [0.4, 0.5) is 0 Å². The van der Waals surface area contributed by atoms with Crippen molar-refractivity contribution in [1.82, 2.24) is 14.1 Å². The van der Waals surface area contributed by atoms with Gasteiger partial charge in [-0.1, -0.05) is 182 Å². The molecule has 0 N–H and O–H groups in total. The summed E-state index contributed by atoms with van der Waals surface area (Å²) >= 11 is 0. The second kappa shape index (κ2) is 18.6. The zero-order chi connectivity index (χ0) is 50.5. The van der Waals surface area contributed by atoms with Crippen LogP contribution in [-0.2, 0) is 0 Å². The normalized spacial score (nSPS) is 11.4. The lowest BCUT2D eigenvalue weighted by Crippen LogP contribution is -1.98. The number of rotatable bonds is 9. The van der Waals surface area contributed by atoms with Crippen LogP contribution in [0.25, 0.3) is 133 Å². The molecule has 0 fully saturated rings. The fourth-order valence-corrected chi connectivity index (χ4v) is 11.5. The van der Waals surface area contributed by atoms with Gasteiger partial charge in [0.1, 0.15) is 0 Å². The summed E-state index contributed by atoms with van der Waals surface area (Å²) in [6.07, 6.45) is 3.71. The fraction of sp³-hybridized carbons (Fsp3) is 0. The molecule has 14 aromatic rings. The Labute approximate surface area is 440 Å². The minimum absolute atomic E-state index is 0.601. The molecule has 0 unspecified atom stereocenters. The highest BCUT2D eigenvalue weighted by Gasteiger charge is 2.22. The molecule has 11 aromatic carbocycles. The first kappa shape index (κ1) is 44.4. The van der Waals surface area contributed by atoms with Gasteiger partial charge in [-0.3, -0.25) is 4.98 Å². The van der Waals surface area contributed by atoms with E-state index in [0.717, 1.165) is 66.8 Å². The third-order valence-corrected chi connectivity index (χ3v) is 15.1. The minimum atomic E-state index is 0.601. The number of hydrogen-bond acceptors (Lipinski definition) is 2. The molecule has 0 spiro atoms. The largest absolute Gasteiger partial charge is 0.309 e. The molecule has 14 rings (SSSR count). The van der Waals surface area contributed by atoms with Crippen LogP contribution in [-0.4, -0.2) is 14.1 Å². The first-order chi connectivity index (χ1) is 37.6. The van der Waals surface area contributed by atoms with E-state index in [-0.39, 0.29) is 0 Å². The SMILES string of the molecule is N#Cc1ccc(-c2cccnc2)c(-c2ccc(-n3c4ccc(-c5ccccc5)cc4c4cc(-c5ccccc5)ccc43)cc2)c1-c1ccc(-n2c3ccc(-c4ccccc4)cc3c3cc(-c4ccccc4)ccc32)cc1. The first-order valence-corrected chi connectivity index (χ1v) is 25.7. The summed E-state index contributed by atoms with van der Waals surface area (Å²) in [7, 11) is 0. The maximum atomic E-state index is 10.9. The number of pyridine rings is 1. The van der Waals surface area contributed by atoms with Crippen molar-refractivity contribution in [2.24, 2.45) is 0 Å². The molecule has 76 heavy (non-hydrogen) atoms. The number of nitriles is 1. The van der Waals surface area contributed by atoms with E-state index < -0.39 is 0 Å². The third-order valence-electron chi connectivity index (χ3n) is 15.1. The molecule has 0 bridgehead atoms. The lowest BCUT2D eigenvalue weighted by molar-refractivity contribution is 1.18. The van der Waals surface area contributed by atoms with Gasteiger partial charge in [-0.15, -0.1) is 0 Å². The fourth-order valence-electron chi connectivity index (χ4n) is 11.5. The summed E-state index contributed by atoms with van der Waals surface area (Å²) in [5, 5.41) is 15.7. The summed E-state index contributed by atoms with van der Waals surface area (Å²) in [6.45, 7) is 0. The zero-order valence-electron chi connectivity index (χ0n) is 41.3. The molecule has 0 aliphatic rings. The Morgan fingerprint density at radius 2 is 0.632 bits per heavy atom. The van der Waals surface area contributed by atoms with Gasteiger partial charge in [0.2, 0.25) is 0 Å². The summed E-state index contributed by atoms with van der Waals surface area (Å²) in [5.74, 6) is 0. The summed E-state index contributed by atoms with van der Waals surface area (Å²) in [5.41, 5.74) is 22.4. The summed E-state index contributed by atoms with van der Waals surface area (Å²) in [4.78, 5) is 4.56. The molecule has 0 saturated carbocycles. The van der Waals surface area contributed by atoms with Crippen molar-refractivity contribution >= 4 is 43.6 Å². The monoisotopic (exact) mass is 966 g/mol. The maximum absolute atomic E-state index is 10.9. The number of fused-ring (bicyclic) bond motifs is 6. The van der Waals surface area contributed by atoms with Crippen molar-refractivity contribution in [3.63, 3.8) is 0 Å². The van der Waals surface area contributed by atoms with E-state index >= 15 is 0 Å². The Morgan fingerprint density at radius 1 is 0.289 bits per heavy atom. The molecule has 0 aliphatic heterocycles. The van der Waals surface area contributed by atoms with Crippen molar-refractivity contribution < 1.29 is 0 Å². The van der Waals surface area contributed by atoms with Crippen molar-refractivity contribution in [2.45, 2.75) is 0 Å². The van der Waals surface area contributed by atoms with Gasteiger partial charge in [-0.25, -0.2) is 0 Å². The van der Waals surface area contributed by atoms with Gasteiger partial charge in [0.15, 0.2) is 0 Å². The standard InChI is InChI=1S/C72H46N4/c73-46-58-27-36-62(59-22-13-41-74-47-59)72(53-25-34-61(35-26-53)76-69-39-30-56(50-18-9-3-10-19-50)44-65(69)66-45-57(31-40-70(66)76)51-20-11-4-12-21-51)71(58)52-23-32-60(33-24-52)75-67-37-28-54(48-14-5-1-6-15-48)42-63(67)64-43-55(29-38-68(64)75)49-16-7-2-8-17-49/h1-45,47H. The summed E-state index contributed by atoms with van der Waals surface area (Å²) < 4.78 is 4.75. The molecular weight excluding hydrogens is 921 g/mol. The zero-order valence-corrected chi connectivity index (χ0v) is 41.3. The topological polar surface area (TPSA) is 46.5 Å². The van der Waals surface area contributed by atoms with Crippen LogP contribution in [0.15, 0.2) is 279 Å². The molecular formula is C72H46N4. The lowest BCUT2D eigenvalue weighted by Gasteiger charge is -2.19. The molecule has 4 nitrogen and oxygen atoms in total. The minimum Gasteiger partial charge on any atom is -0.309 e. The predicted octanol–water partition coefficient (Wildman–Crippen LogP) is 18.8. The van der Waals surface area contributed by atoms with Crippen LogP contribution in [0.3, 0.4) is 0 Å². The highest BCUT2D eigenvalue weighted by molar-refractivity contribution is 6.13. The van der Waals surface area contributed by atoms with Crippen molar-refractivity contribution in [2.75, 3.05) is 0 Å². The Bertz CT molecular complexity index is 4320. The van der Waals surface area contributed by atoms with E-state index in [4.69, 9.17) is 0 Å². The van der Waals surface area contributed by atoms with Crippen LogP contribution in [0, 0.1) is 11.3 Å². The van der Waals surface area contributed by atoms with E-state index in [1.165, 1.54) is 66.1 Å². The Balaban J connectivity index is 0.910. The number of benzene rings is 11. The van der Waals surface area contributed by atoms with Gasteiger partial charge in [0.05, 0.1) is 33.7 Å². The summed E-state index contributed by atoms with van der Waals surface area (Å²) in [6, 6.07) is 98.0. The second-order valence-electron chi connectivity index (χ2n) is 19.4. The van der Waals surface area contributed by atoms with Gasteiger partial charge in [-0.2, -0.15) is 5.26 Å². The highest BCUT2D eigenvalue weighted by atomic mass is 15.0. The van der Waals surface area contributed by atoms with Crippen LogP contribution in [0.1, 0.15) is 5.56 Å². The van der Waals surface area contributed by atoms with E-state index in [2.05, 4.69) is 275 Å². The molecule has 0 aliphatic carbocycles. The number of hydrogen-bond donors (Lipinski definition) is 0. The van der Waals surface area contributed by atoms with Gasteiger partial charge in [-0.05, 0) is 152 Å². The first-order valence-electron chi connectivity index (χ1n) is 25.7. The molecule has 4 heteroatoms. The van der Waals surface area contributed by atoms with Crippen molar-refractivity contribution in [1.29, 1.82) is 5.26 Å². The third kappa shape index (κ3) is 7.66. The quantitative estimate of drug-likeness (QED) is 0.145. The van der Waals surface area contributed by atoms with Gasteiger partial charge < -0.3 is 9.13 Å². The molecule has 0 saturated heterocycles. The average molecular weight is 967 g/mol. The van der Waals surface area contributed by atoms with E-state index in [1.54, 1.807) is 6.20 Å². The molecule has 354 valence electrons. The molecule has 0 atom stereocenters. The van der Waals surface area contributed by atoms with Crippen LogP contribution in [0.5, 0.6) is 0 Å². The molecule has 0 amide bonds. The predicted molar refractivity (Wildman–Crippen MR) is 316 cm³/mol. The Kier molecular flexibility index (Phi) is 10.9.